The van der Waals surface area contributed by atoms with Crippen LogP contribution >= 0.6 is 15.9 Å². The molecule has 0 spiro atoms. The molecule has 2 aromatic carbocycles. The van der Waals surface area contributed by atoms with Gasteiger partial charge in [-0.15, -0.1) is 0 Å². The third-order valence-corrected chi connectivity index (χ3v) is 3.21. The summed E-state index contributed by atoms with van der Waals surface area (Å²) >= 11 is 3.33. The molecule has 0 saturated heterocycles. The lowest BCUT2D eigenvalue weighted by molar-refractivity contribution is 0.184. The zero-order chi connectivity index (χ0) is 13.7. The number of hydrogen-bond acceptors (Lipinski definition) is 2. The van der Waals surface area contributed by atoms with Gasteiger partial charge in [-0.25, -0.2) is 4.39 Å². The van der Waals surface area contributed by atoms with E-state index in [1.807, 2.05) is 24.3 Å². The lowest BCUT2D eigenvalue weighted by atomic mass is 10.2. The molecule has 0 bridgehead atoms. The van der Waals surface area contributed by atoms with Crippen molar-refractivity contribution < 1.29 is 13.9 Å². The molecule has 100 valence electrons. The second-order valence-corrected chi connectivity index (χ2v) is 4.63. The zero-order valence-electron chi connectivity index (χ0n) is 10.5. The van der Waals surface area contributed by atoms with Crippen LogP contribution in [-0.2, 0) is 16.7 Å². The Morgan fingerprint density at radius 1 is 1.16 bits per heavy atom. The van der Waals surface area contributed by atoms with Crippen molar-refractivity contribution in [2.45, 2.75) is 11.9 Å². The van der Waals surface area contributed by atoms with Gasteiger partial charge in [0.15, 0.2) is 0 Å². The first-order valence-electron chi connectivity index (χ1n) is 5.83. The fraction of sp³-hybridized carbons (Fsp3) is 0.200. The summed E-state index contributed by atoms with van der Waals surface area (Å²) in [4.78, 5) is 0. The van der Waals surface area contributed by atoms with Crippen molar-refractivity contribution in [1.29, 1.82) is 0 Å². The Balaban J connectivity index is 2.23. The Morgan fingerprint density at radius 3 is 2.74 bits per heavy atom. The van der Waals surface area contributed by atoms with E-state index in [-0.39, 0.29) is 5.82 Å². The van der Waals surface area contributed by atoms with Gasteiger partial charge in [0, 0.05) is 18.0 Å². The number of methoxy groups -OCH3 is 1. The summed E-state index contributed by atoms with van der Waals surface area (Å²) in [6.45, 7) is 0.534. The van der Waals surface area contributed by atoms with E-state index in [0.717, 1.165) is 11.1 Å². The molecule has 0 amide bonds. The van der Waals surface area contributed by atoms with Crippen LogP contribution in [0.3, 0.4) is 0 Å². The smallest absolute Gasteiger partial charge is 0.131 e. The molecule has 0 N–H and O–H groups in total. The molecule has 0 heterocycles. The summed E-state index contributed by atoms with van der Waals surface area (Å²) in [5, 5.41) is 0.540. The quantitative estimate of drug-likeness (QED) is 0.745. The van der Waals surface area contributed by atoms with Gasteiger partial charge < -0.3 is 9.47 Å². The van der Waals surface area contributed by atoms with Gasteiger partial charge in [-0.3, -0.25) is 0 Å². The Kier molecular flexibility index (Phi) is 4.93. The molecule has 0 aliphatic heterocycles. The normalized spacial score (nSPS) is 10.5. The first kappa shape index (κ1) is 14.0. The van der Waals surface area contributed by atoms with Gasteiger partial charge in [0.2, 0.25) is 0 Å². The molecule has 0 atom stereocenters. The third-order valence-electron chi connectivity index (χ3n) is 2.60. The van der Waals surface area contributed by atoms with Crippen LogP contribution < -0.4 is 4.74 Å². The zero-order valence-corrected chi connectivity index (χ0v) is 12.1. The summed E-state index contributed by atoms with van der Waals surface area (Å²) in [5.74, 6) is 1.09. The number of benzene rings is 2. The standard InChI is InChI=1S/C15H14BrFO2/c1-18-10-11-3-2-4-14(7-11)19-15-6-5-13(17)8-12(15)9-16/h2-8H,9-10H2,1H3. The third kappa shape index (κ3) is 3.78. The van der Waals surface area contributed by atoms with E-state index in [1.165, 1.54) is 12.1 Å². The van der Waals surface area contributed by atoms with E-state index < -0.39 is 0 Å². The molecular weight excluding hydrogens is 311 g/mol. The lowest BCUT2D eigenvalue weighted by Crippen LogP contribution is -1.92. The van der Waals surface area contributed by atoms with Crippen molar-refractivity contribution in [3.05, 3.63) is 59.4 Å². The van der Waals surface area contributed by atoms with E-state index in [1.54, 1.807) is 13.2 Å². The highest BCUT2D eigenvalue weighted by atomic mass is 79.9. The highest BCUT2D eigenvalue weighted by Gasteiger charge is 2.06. The first-order valence-corrected chi connectivity index (χ1v) is 6.95. The number of alkyl halides is 1. The molecule has 2 aromatic rings. The summed E-state index contributed by atoms with van der Waals surface area (Å²) in [6.07, 6.45) is 0. The predicted molar refractivity (Wildman–Crippen MR) is 76.3 cm³/mol. The van der Waals surface area contributed by atoms with Crippen molar-refractivity contribution in [3.8, 4) is 11.5 Å². The van der Waals surface area contributed by atoms with Gasteiger partial charge >= 0.3 is 0 Å². The minimum absolute atomic E-state index is 0.269. The van der Waals surface area contributed by atoms with Gasteiger partial charge in [0.05, 0.1) is 6.61 Å². The largest absolute Gasteiger partial charge is 0.457 e. The average molecular weight is 325 g/mol. The van der Waals surface area contributed by atoms with Crippen LogP contribution in [0, 0.1) is 5.82 Å². The Hall–Kier alpha value is -1.39. The maximum absolute atomic E-state index is 13.1. The summed E-state index contributed by atoms with van der Waals surface area (Å²) < 4.78 is 24.0. The van der Waals surface area contributed by atoms with Crippen LogP contribution in [-0.4, -0.2) is 7.11 Å². The minimum atomic E-state index is -0.269. The van der Waals surface area contributed by atoms with Crippen molar-refractivity contribution in [1.82, 2.24) is 0 Å². The number of ether oxygens (including phenoxy) is 2. The first-order chi connectivity index (χ1) is 9.22. The van der Waals surface area contributed by atoms with E-state index in [4.69, 9.17) is 9.47 Å². The highest BCUT2D eigenvalue weighted by molar-refractivity contribution is 9.08. The molecule has 0 fully saturated rings. The molecule has 0 unspecified atom stereocenters. The van der Waals surface area contributed by atoms with Gasteiger partial charge in [0.1, 0.15) is 17.3 Å². The van der Waals surface area contributed by atoms with Crippen LogP contribution in [0.4, 0.5) is 4.39 Å². The van der Waals surface area contributed by atoms with E-state index in [0.29, 0.717) is 23.4 Å². The van der Waals surface area contributed by atoms with E-state index >= 15 is 0 Å². The van der Waals surface area contributed by atoms with Gasteiger partial charge in [0.25, 0.3) is 0 Å². The van der Waals surface area contributed by atoms with Crippen LogP contribution in [0.1, 0.15) is 11.1 Å². The van der Waals surface area contributed by atoms with Crippen molar-refractivity contribution in [2.24, 2.45) is 0 Å². The topological polar surface area (TPSA) is 18.5 Å². The van der Waals surface area contributed by atoms with Crippen LogP contribution in [0.25, 0.3) is 0 Å². The van der Waals surface area contributed by atoms with Gasteiger partial charge in [-0.05, 0) is 35.9 Å². The summed E-state index contributed by atoms with van der Waals surface area (Å²) in [7, 11) is 1.65. The lowest BCUT2D eigenvalue weighted by Gasteiger charge is -2.10. The molecular formula is C15H14BrFO2. The summed E-state index contributed by atoms with van der Waals surface area (Å²) in [5.41, 5.74) is 1.81. The maximum atomic E-state index is 13.1. The van der Waals surface area contributed by atoms with Crippen LogP contribution in [0.2, 0.25) is 0 Å². The fourth-order valence-corrected chi connectivity index (χ4v) is 2.18. The maximum Gasteiger partial charge on any atom is 0.131 e. The summed E-state index contributed by atoms with van der Waals surface area (Å²) in [6, 6.07) is 12.1. The highest BCUT2D eigenvalue weighted by Crippen LogP contribution is 2.28. The molecule has 19 heavy (non-hydrogen) atoms. The van der Waals surface area contributed by atoms with Crippen LogP contribution in [0.15, 0.2) is 42.5 Å². The van der Waals surface area contributed by atoms with Gasteiger partial charge in [-0.2, -0.15) is 0 Å². The monoisotopic (exact) mass is 324 g/mol. The predicted octanol–water partition coefficient (Wildman–Crippen LogP) is 4.66. The SMILES string of the molecule is COCc1cccc(Oc2ccc(F)cc2CBr)c1. The minimum Gasteiger partial charge on any atom is -0.457 e. The number of rotatable bonds is 5. The molecule has 0 aliphatic rings. The van der Waals surface area contributed by atoms with Crippen molar-refractivity contribution in [3.63, 3.8) is 0 Å². The van der Waals surface area contributed by atoms with E-state index in [2.05, 4.69) is 15.9 Å². The Labute approximate surface area is 120 Å². The molecule has 4 heteroatoms. The van der Waals surface area contributed by atoms with Gasteiger partial charge in [-0.1, -0.05) is 28.1 Å². The van der Waals surface area contributed by atoms with Crippen molar-refractivity contribution >= 4 is 15.9 Å². The Bertz CT molecular complexity index is 558. The second-order valence-electron chi connectivity index (χ2n) is 4.07. The van der Waals surface area contributed by atoms with Crippen molar-refractivity contribution in [2.75, 3.05) is 7.11 Å². The molecule has 0 aromatic heterocycles. The molecule has 0 saturated carbocycles. The Morgan fingerprint density at radius 2 is 2.00 bits per heavy atom. The molecule has 2 rings (SSSR count). The van der Waals surface area contributed by atoms with E-state index in [9.17, 15) is 4.39 Å². The molecule has 0 radical (unpaired) electrons. The number of hydrogen-bond donors (Lipinski definition) is 0. The average Bonchev–Trinajstić information content (AvgIpc) is 2.41. The molecule has 0 aliphatic carbocycles. The van der Waals surface area contributed by atoms with Crippen LogP contribution in [0.5, 0.6) is 11.5 Å². The fourth-order valence-electron chi connectivity index (χ4n) is 1.74. The second kappa shape index (κ2) is 6.68. The molecule has 2 nitrogen and oxygen atoms in total. The number of halogens is 2.